The fourth-order valence-corrected chi connectivity index (χ4v) is 9.98. The second kappa shape index (κ2) is 11.4. The summed E-state index contributed by atoms with van der Waals surface area (Å²) in [6.45, 7) is 6.74. The van der Waals surface area contributed by atoms with Gasteiger partial charge in [0.15, 0.2) is 5.60 Å². The van der Waals surface area contributed by atoms with E-state index in [1.165, 1.54) is 0 Å². The van der Waals surface area contributed by atoms with Crippen LogP contribution in [0.4, 0.5) is 15.5 Å². The number of aliphatic hydroxyl groups is 1. The quantitative estimate of drug-likeness (QED) is 0.265. The number of aliphatic hydroxyl groups excluding tert-OH is 1. The number of aryl methyl sites for hydroxylation is 1. The van der Waals surface area contributed by atoms with Crippen molar-refractivity contribution < 1.29 is 23.5 Å². The number of hydrogen-bond donors (Lipinski definition) is 1. The van der Waals surface area contributed by atoms with Gasteiger partial charge >= 0.3 is 0 Å². The van der Waals surface area contributed by atoms with Gasteiger partial charge in [0.1, 0.15) is 0 Å². The molecule has 1 aromatic heterocycles. The molecular formula is C31H37ClFN5O4Si. The Morgan fingerprint density at radius 1 is 1.19 bits per heavy atom. The largest absolute Gasteiger partial charge is 0.396 e. The van der Waals surface area contributed by atoms with Crippen molar-refractivity contribution in [1.82, 2.24) is 15.0 Å². The van der Waals surface area contributed by atoms with Crippen LogP contribution in [0.2, 0.25) is 23.7 Å². The first-order valence-corrected chi connectivity index (χ1v) is 18.2. The number of nitrogens with zero attached hydrogens (tertiary/aromatic N) is 5. The van der Waals surface area contributed by atoms with E-state index in [9.17, 15) is 14.7 Å². The number of aromatic nitrogens is 3. The average Bonchev–Trinajstić information content (AvgIpc) is 3.71. The minimum atomic E-state index is -3.31. The summed E-state index contributed by atoms with van der Waals surface area (Å²) in [5.74, 6) is -0.517. The smallest absolute Gasteiger partial charge is 0.264 e. The van der Waals surface area contributed by atoms with Crippen LogP contribution in [0.1, 0.15) is 43.0 Å². The first-order valence-electron chi connectivity index (χ1n) is 14.9. The van der Waals surface area contributed by atoms with Crippen LogP contribution in [0.15, 0.2) is 48.7 Å². The Labute approximate surface area is 256 Å². The number of benzene rings is 2. The monoisotopic (exact) mass is 625 g/mol. The maximum Gasteiger partial charge on any atom is 0.264 e. The van der Waals surface area contributed by atoms with Gasteiger partial charge in [-0.05, 0) is 61.8 Å². The lowest BCUT2D eigenvalue weighted by atomic mass is 9.82. The van der Waals surface area contributed by atoms with E-state index in [0.717, 1.165) is 17.7 Å². The van der Waals surface area contributed by atoms with Crippen molar-refractivity contribution in [2.75, 3.05) is 23.0 Å². The molecule has 2 saturated heterocycles. The van der Waals surface area contributed by atoms with E-state index in [-0.39, 0.29) is 18.4 Å². The number of anilines is 2. The Morgan fingerprint density at radius 3 is 2.63 bits per heavy atom. The van der Waals surface area contributed by atoms with E-state index in [2.05, 4.69) is 10.3 Å². The molecule has 228 valence electrons. The standard InChI is InChI=1S/C31H37ClFN5O4Si/c1-20-29(43(2,3)33)27(12-15-36-19-23(13-16-39)34-35-36)42-31(20)25-17-22(32)8-11-26(25)38(30(31)41)18-21-6-9-24(10-7-21)37-14-4-5-28(37)40/h6-11,17,19-20,27,29,39H,4-5,12-16,18H2,1-3H3/t20-,27+,29-,31+/m1/s1. The summed E-state index contributed by atoms with van der Waals surface area (Å²) in [5.41, 5.74) is 2.02. The molecule has 0 radical (unpaired) electrons. The van der Waals surface area contributed by atoms with Crippen LogP contribution in [0.5, 0.6) is 0 Å². The highest BCUT2D eigenvalue weighted by Gasteiger charge is 2.66. The molecule has 4 heterocycles. The van der Waals surface area contributed by atoms with E-state index in [1.807, 2.05) is 37.3 Å². The van der Waals surface area contributed by atoms with Gasteiger partial charge in [0.25, 0.3) is 5.91 Å². The summed E-state index contributed by atoms with van der Waals surface area (Å²) < 4.78 is 24.6. The molecule has 3 aromatic rings. The van der Waals surface area contributed by atoms with E-state index in [4.69, 9.17) is 16.3 Å². The van der Waals surface area contributed by atoms with Crippen LogP contribution >= 0.6 is 11.6 Å². The molecule has 2 aromatic carbocycles. The van der Waals surface area contributed by atoms with E-state index in [1.54, 1.807) is 45.9 Å². The lowest BCUT2D eigenvalue weighted by Crippen LogP contribution is -2.45. The van der Waals surface area contributed by atoms with Gasteiger partial charge in [-0.2, -0.15) is 0 Å². The van der Waals surface area contributed by atoms with Crippen molar-refractivity contribution in [2.24, 2.45) is 5.92 Å². The first-order chi connectivity index (χ1) is 20.5. The minimum absolute atomic E-state index is 0.0168. The summed E-state index contributed by atoms with van der Waals surface area (Å²) in [6, 6.07) is 13.1. The third kappa shape index (κ3) is 5.30. The zero-order valence-electron chi connectivity index (χ0n) is 24.7. The van der Waals surface area contributed by atoms with Crippen molar-refractivity contribution in [2.45, 2.75) is 76.0 Å². The number of ether oxygens (including phenoxy) is 1. The molecule has 0 aliphatic carbocycles. The lowest BCUT2D eigenvalue weighted by Gasteiger charge is -2.31. The molecule has 1 N–H and O–H groups in total. The number of halogens is 2. The van der Waals surface area contributed by atoms with Gasteiger partial charge in [0.05, 0.1) is 24.0 Å². The van der Waals surface area contributed by atoms with Crippen molar-refractivity contribution in [3.63, 3.8) is 0 Å². The van der Waals surface area contributed by atoms with Crippen LogP contribution in [-0.4, -0.2) is 59.6 Å². The van der Waals surface area contributed by atoms with Gasteiger partial charge in [0.2, 0.25) is 14.3 Å². The van der Waals surface area contributed by atoms with Gasteiger partial charge in [-0.3, -0.25) is 14.3 Å². The molecule has 0 bridgehead atoms. The fraction of sp³-hybridized carbons (Fsp3) is 0.484. The summed E-state index contributed by atoms with van der Waals surface area (Å²) in [7, 11) is -3.31. The Hall–Kier alpha value is -3.12. The molecule has 2 amide bonds. The highest BCUT2D eigenvalue weighted by Crippen LogP contribution is 2.60. The number of carbonyl (C=O) groups excluding carboxylic acids is 2. The van der Waals surface area contributed by atoms with Crippen molar-refractivity contribution in [1.29, 1.82) is 0 Å². The second-order valence-corrected chi connectivity index (χ2v) is 16.6. The third-order valence-electron chi connectivity index (χ3n) is 9.18. The highest BCUT2D eigenvalue weighted by molar-refractivity contribution is 6.72. The van der Waals surface area contributed by atoms with E-state index < -0.39 is 31.6 Å². The van der Waals surface area contributed by atoms with Gasteiger partial charge in [-0.25, -0.2) is 0 Å². The molecular weight excluding hydrogens is 589 g/mol. The number of rotatable bonds is 9. The molecule has 9 nitrogen and oxygen atoms in total. The summed E-state index contributed by atoms with van der Waals surface area (Å²) in [4.78, 5) is 30.3. The Bertz CT molecular complexity index is 1530. The molecule has 43 heavy (non-hydrogen) atoms. The van der Waals surface area contributed by atoms with Gasteiger partial charge in [-0.15, -0.1) is 5.10 Å². The molecule has 0 saturated carbocycles. The SMILES string of the molecule is C[C@@H]1[C@@H]([Si](C)(C)F)[C@H](CCn2cc(CCO)nn2)O[C@@]12C(=O)N(Cc1ccc(N3CCCC3=O)cc1)c1ccc(Cl)cc12. The van der Waals surface area contributed by atoms with Gasteiger partial charge in [0, 0.05) is 66.5 Å². The molecule has 2 fully saturated rings. The predicted molar refractivity (Wildman–Crippen MR) is 164 cm³/mol. The highest BCUT2D eigenvalue weighted by atomic mass is 35.5. The number of hydrogen-bond acceptors (Lipinski definition) is 6. The van der Waals surface area contributed by atoms with Gasteiger partial charge < -0.3 is 23.8 Å². The second-order valence-electron chi connectivity index (χ2n) is 12.4. The lowest BCUT2D eigenvalue weighted by molar-refractivity contribution is -0.146. The van der Waals surface area contributed by atoms with E-state index in [0.29, 0.717) is 60.9 Å². The molecule has 6 rings (SSSR count). The Morgan fingerprint density at radius 2 is 1.95 bits per heavy atom. The average molecular weight is 626 g/mol. The van der Waals surface area contributed by atoms with Crippen molar-refractivity contribution in [3.8, 4) is 0 Å². The number of fused-ring (bicyclic) bond motifs is 2. The van der Waals surface area contributed by atoms with Crippen molar-refractivity contribution in [3.05, 3.63) is 70.5 Å². The molecule has 12 heteroatoms. The molecule has 0 unspecified atom stereocenters. The number of amides is 2. The maximum atomic E-state index is 16.1. The van der Waals surface area contributed by atoms with Crippen molar-refractivity contribution >= 4 is 43.2 Å². The van der Waals surface area contributed by atoms with E-state index >= 15 is 4.11 Å². The van der Waals surface area contributed by atoms with Crippen LogP contribution in [0.25, 0.3) is 0 Å². The fourth-order valence-electron chi connectivity index (χ4n) is 7.27. The molecule has 1 spiro atoms. The number of carbonyl (C=O) groups is 2. The summed E-state index contributed by atoms with van der Waals surface area (Å²) in [5, 5.41) is 17.9. The molecule has 3 aliphatic heterocycles. The van der Waals surface area contributed by atoms with Gasteiger partial charge in [-0.1, -0.05) is 35.9 Å². The minimum Gasteiger partial charge on any atom is -0.396 e. The summed E-state index contributed by atoms with van der Waals surface area (Å²) in [6.07, 6.45) is 3.55. The molecule has 4 atom stereocenters. The van der Waals surface area contributed by atoms with Crippen LogP contribution in [0.3, 0.4) is 0 Å². The van der Waals surface area contributed by atoms with Crippen LogP contribution in [0, 0.1) is 5.92 Å². The van der Waals surface area contributed by atoms with Crippen LogP contribution < -0.4 is 9.80 Å². The third-order valence-corrected chi connectivity index (χ3v) is 11.9. The summed E-state index contributed by atoms with van der Waals surface area (Å²) >= 11 is 6.49. The first kappa shape index (κ1) is 29.9. The normalized spacial score (nSPS) is 25.4. The zero-order chi connectivity index (χ0) is 30.5. The molecule has 3 aliphatic rings. The predicted octanol–water partition coefficient (Wildman–Crippen LogP) is 5.01. The Balaban J connectivity index is 1.30. The maximum absolute atomic E-state index is 16.1. The Kier molecular flexibility index (Phi) is 7.95. The zero-order valence-corrected chi connectivity index (χ0v) is 26.4. The topological polar surface area (TPSA) is 101 Å². The van der Waals surface area contributed by atoms with Crippen LogP contribution in [-0.2, 0) is 39.4 Å².